The molecule has 2 aromatic rings. The average molecular weight is 641 g/mol. The van der Waals surface area contributed by atoms with E-state index in [2.05, 4.69) is 15.9 Å². The molecule has 11 nitrogen and oxygen atoms in total. The summed E-state index contributed by atoms with van der Waals surface area (Å²) in [6, 6.07) is 6.27. The molecule has 45 heavy (non-hydrogen) atoms. The summed E-state index contributed by atoms with van der Waals surface area (Å²) in [6.45, 7) is 3.87. The second-order valence-corrected chi connectivity index (χ2v) is 13.5. The number of fused-ring (bicyclic) bond motifs is 4. The van der Waals surface area contributed by atoms with Crippen LogP contribution in [0.15, 0.2) is 30.0 Å². The Morgan fingerprint density at radius 2 is 2.18 bits per heavy atom. The van der Waals surface area contributed by atoms with Crippen molar-refractivity contribution in [2.24, 2.45) is 0 Å². The molecule has 1 unspecified atom stereocenters. The SMILES string of the molecule is CN(O)C(=O)C(=N)/C=C1/CN(c2nc(OC[C@@]34CCCN3CC(F)C4)nc3c2CO[C@@]2(CCc4c(Cl)cccc42)C3)CCC[NH2+]1. The second kappa shape index (κ2) is 11.9. The highest BCUT2D eigenvalue weighted by Crippen LogP contribution is 2.49. The van der Waals surface area contributed by atoms with Crippen LogP contribution in [0, 0.1) is 5.41 Å². The Morgan fingerprint density at radius 1 is 1.31 bits per heavy atom. The summed E-state index contributed by atoms with van der Waals surface area (Å²) < 4.78 is 27.6. The van der Waals surface area contributed by atoms with E-state index in [9.17, 15) is 14.4 Å². The number of benzene rings is 1. The molecule has 1 spiro atoms. The molecule has 7 rings (SSSR count). The van der Waals surface area contributed by atoms with Crippen LogP contribution >= 0.6 is 11.6 Å². The van der Waals surface area contributed by atoms with Gasteiger partial charge in [0.05, 0.1) is 36.5 Å². The average Bonchev–Trinajstić information content (AvgIpc) is 3.60. The fourth-order valence-electron chi connectivity index (χ4n) is 7.97. The Morgan fingerprint density at radius 3 is 3.02 bits per heavy atom. The fraction of sp³-hybridized carbons (Fsp3) is 0.562. The van der Waals surface area contributed by atoms with Crippen molar-refractivity contribution in [3.05, 3.63) is 57.4 Å². The number of halogens is 2. The topological polar surface area (TPSA) is 132 Å². The lowest BCUT2D eigenvalue weighted by molar-refractivity contribution is -0.604. The quantitative estimate of drug-likeness (QED) is 0.249. The van der Waals surface area contributed by atoms with Gasteiger partial charge in [0.1, 0.15) is 30.0 Å². The fourth-order valence-corrected chi connectivity index (χ4v) is 8.24. The lowest BCUT2D eigenvalue weighted by atomic mass is 9.87. The van der Waals surface area contributed by atoms with Crippen molar-refractivity contribution >= 4 is 29.0 Å². The molecule has 1 aromatic carbocycles. The minimum atomic E-state index is -0.852. The van der Waals surface area contributed by atoms with Crippen LogP contribution in [0.1, 0.15) is 54.5 Å². The predicted octanol–water partition coefficient (Wildman–Crippen LogP) is 2.52. The highest BCUT2D eigenvalue weighted by Gasteiger charge is 2.50. The van der Waals surface area contributed by atoms with E-state index in [1.54, 1.807) is 0 Å². The van der Waals surface area contributed by atoms with Crippen LogP contribution in [0.4, 0.5) is 10.2 Å². The van der Waals surface area contributed by atoms with Crippen LogP contribution in [0.3, 0.4) is 0 Å². The van der Waals surface area contributed by atoms with Crippen LogP contribution in [-0.2, 0) is 34.6 Å². The number of carbonyl (C=O) groups excluding carboxylic acids is 1. The molecule has 0 bridgehead atoms. The summed E-state index contributed by atoms with van der Waals surface area (Å²) in [6.07, 6.45) is 6.07. The molecule has 3 saturated heterocycles. The molecular weight excluding hydrogens is 601 g/mol. The molecule has 5 aliphatic rings. The van der Waals surface area contributed by atoms with E-state index in [0.29, 0.717) is 56.6 Å². The Bertz CT molecular complexity index is 1560. The highest BCUT2D eigenvalue weighted by atomic mass is 35.5. The number of alkyl halides is 1. The van der Waals surface area contributed by atoms with Crippen LogP contribution in [0.25, 0.3) is 0 Å². The lowest BCUT2D eigenvalue weighted by Gasteiger charge is -2.37. The molecule has 3 fully saturated rings. The summed E-state index contributed by atoms with van der Waals surface area (Å²) in [5, 5.41) is 20.9. The Kier molecular flexibility index (Phi) is 8.06. The zero-order valence-electron chi connectivity index (χ0n) is 25.5. The molecule has 0 saturated carbocycles. The standard InChI is InChI=1S/C32H39ClFN7O4/c1-39(43)29(42)26(35)13-21-17-40(11-4-10-36-21)28-23-18-45-32(9-7-22-24(32)5-2-6-25(22)33)15-27(23)37-30(38-28)44-19-31-8-3-12-41(31)16-20(34)14-31/h2,5-6,13,20,35-36,43H,3-4,7-12,14-19H2,1H3/p+1/b21-13-,35-26?/t20?,31-,32-/m0/s1. The van der Waals surface area contributed by atoms with Crippen LogP contribution in [0.5, 0.6) is 6.01 Å². The number of aromatic nitrogens is 2. The van der Waals surface area contributed by atoms with Gasteiger partial charge >= 0.3 is 6.01 Å². The largest absolute Gasteiger partial charge is 0.461 e. The predicted molar refractivity (Wildman–Crippen MR) is 165 cm³/mol. The van der Waals surface area contributed by atoms with Gasteiger partial charge in [-0.25, -0.2) is 9.45 Å². The van der Waals surface area contributed by atoms with Crippen molar-refractivity contribution in [1.29, 1.82) is 5.41 Å². The lowest BCUT2D eigenvalue weighted by Crippen LogP contribution is -2.82. The molecule has 5 heterocycles. The van der Waals surface area contributed by atoms with Crippen molar-refractivity contribution in [3.63, 3.8) is 0 Å². The molecule has 1 amide bonds. The van der Waals surface area contributed by atoms with E-state index in [4.69, 9.17) is 36.5 Å². The van der Waals surface area contributed by atoms with Crippen LogP contribution < -0.4 is 15.0 Å². The van der Waals surface area contributed by atoms with E-state index in [1.807, 2.05) is 17.4 Å². The zero-order valence-corrected chi connectivity index (χ0v) is 26.3. The number of nitrogens with one attached hydrogen (secondary N) is 1. The van der Waals surface area contributed by atoms with Gasteiger partial charge in [-0.1, -0.05) is 23.7 Å². The molecule has 1 aliphatic carbocycles. The zero-order chi connectivity index (χ0) is 31.3. The number of ether oxygens (including phenoxy) is 2. The van der Waals surface area contributed by atoms with E-state index in [-0.39, 0.29) is 17.3 Å². The smallest absolute Gasteiger partial charge is 0.318 e. The van der Waals surface area contributed by atoms with Gasteiger partial charge in [-0.05, 0) is 49.4 Å². The van der Waals surface area contributed by atoms with Gasteiger partial charge in [0.2, 0.25) is 0 Å². The molecule has 0 radical (unpaired) electrons. The molecule has 1 aromatic heterocycles. The third-order valence-electron chi connectivity index (χ3n) is 10.2. The Balaban J connectivity index is 1.23. The highest BCUT2D eigenvalue weighted by molar-refractivity contribution is 6.41. The van der Waals surface area contributed by atoms with E-state index in [1.165, 1.54) is 13.1 Å². The molecule has 240 valence electrons. The van der Waals surface area contributed by atoms with Gasteiger partial charge < -0.3 is 19.7 Å². The van der Waals surface area contributed by atoms with Crippen molar-refractivity contribution in [2.75, 3.05) is 51.3 Å². The molecule has 3 atom stereocenters. The van der Waals surface area contributed by atoms with Crippen molar-refractivity contribution in [1.82, 2.24) is 19.9 Å². The van der Waals surface area contributed by atoms with Gasteiger partial charge in [-0.15, -0.1) is 0 Å². The third kappa shape index (κ3) is 5.61. The van der Waals surface area contributed by atoms with E-state index >= 15 is 0 Å². The number of nitrogens with zero attached hydrogens (tertiary/aromatic N) is 5. The first-order valence-corrected chi connectivity index (χ1v) is 16.2. The van der Waals surface area contributed by atoms with Gasteiger partial charge in [-0.3, -0.25) is 20.3 Å². The number of carbonyl (C=O) groups is 1. The summed E-state index contributed by atoms with van der Waals surface area (Å²) in [4.78, 5) is 26.5. The summed E-state index contributed by atoms with van der Waals surface area (Å²) in [5.74, 6) is -0.0664. The van der Waals surface area contributed by atoms with E-state index < -0.39 is 17.7 Å². The van der Waals surface area contributed by atoms with Gasteiger partial charge in [0.25, 0.3) is 5.91 Å². The van der Waals surface area contributed by atoms with Gasteiger partial charge in [0, 0.05) is 56.1 Å². The number of quaternary nitrogens is 1. The number of hydrogen-bond donors (Lipinski definition) is 3. The molecule has 13 heteroatoms. The first kappa shape index (κ1) is 30.5. The maximum atomic E-state index is 14.5. The maximum Gasteiger partial charge on any atom is 0.318 e. The van der Waals surface area contributed by atoms with Gasteiger partial charge in [0.15, 0.2) is 0 Å². The number of amides is 1. The summed E-state index contributed by atoms with van der Waals surface area (Å²) in [7, 11) is 1.21. The monoisotopic (exact) mass is 640 g/mol. The number of nitrogens with two attached hydrogens (primary N) is 1. The van der Waals surface area contributed by atoms with Crippen LogP contribution in [-0.4, -0.2) is 94.8 Å². The normalized spacial score (nSPS) is 28.6. The number of anilines is 1. The van der Waals surface area contributed by atoms with Gasteiger partial charge in [-0.2, -0.15) is 9.97 Å². The number of hydroxylamine groups is 2. The third-order valence-corrected chi connectivity index (χ3v) is 10.5. The first-order valence-electron chi connectivity index (χ1n) is 15.8. The first-order chi connectivity index (χ1) is 21.7. The minimum Gasteiger partial charge on any atom is -0.461 e. The number of rotatable bonds is 6. The molecule has 4 N–H and O–H groups in total. The summed E-state index contributed by atoms with van der Waals surface area (Å²) >= 11 is 6.58. The Labute approximate surface area is 266 Å². The molecule has 4 aliphatic heterocycles. The van der Waals surface area contributed by atoms with Crippen molar-refractivity contribution in [3.8, 4) is 6.01 Å². The van der Waals surface area contributed by atoms with Crippen molar-refractivity contribution < 1.29 is 29.2 Å². The minimum absolute atomic E-state index is 0.275. The van der Waals surface area contributed by atoms with Crippen LogP contribution in [0.2, 0.25) is 5.02 Å². The van der Waals surface area contributed by atoms with E-state index in [0.717, 1.165) is 78.3 Å². The van der Waals surface area contributed by atoms with Crippen molar-refractivity contribution in [2.45, 2.75) is 68.9 Å². The second-order valence-electron chi connectivity index (χ2n) is 13.1. The molecular formula is C32H40ClFN7O4+. The Hall–Kier alpha value is -3.16. The number of hydrogen-bond acceptors (Lipinski definition) is 9. The summed E-state index contributed by atoms with van der Waals surface area (Å²) in [5.41, 5.74) is 3.63. The maximum absolute atomic E-state index is 14.5.